The summed E-state index contributed by atoms with van der Waals surface area (Å²) in [5, 5.41) is 13.1. The third-order valence-corrected chi connectivity index (χ3v) is 11.1. The number of piperazine rings is 1. The van der Waals surface area contributed by atoms with Gasteiger partial charge in [-0.1, -0.05) is 48.5 Å². The van der Waals surface area contributed by atoms with Crippen molar-refractivity contribution in [1.29, 1.82) is 0 Å². The Labute approximate surface area is 272 Å². The van der Waals surface area contributed by atoms with E-state index in [0.29, 0.717) is 18.2 Å². The van der Waals surface area contributed by atoms with Crippen molar-refractivity contribution in [1.82, 2.24) is 10.2 Å². The molecule has 2 saturated heterocycles. The molecular weight excluding hydrogens is 568 g/mol. The molecule has 1 amide bonds. The number of carbonyl (C=O) groups is 1. The Kier molecular flexibility index (Phi) is 7.91. The molecule has 4 aliphatic rings. The number of nitrogens with zero attached hydrogens (tertiary/aromatic N) is 3. The maximum Gasteiger partial charge on any atom is 0.251 e. The van der Waals surface area contributed by atoms with Crippen molar-refractivity contribution in [3.63, 3.8) is 0 Å². The minimum absolute atomic E-state index is 0.0552. The summed E-state index contributed by atoms with van der Waals surface area (Å²) in [6.07, 6.45) is 4.56. The fraction of sp³-hybridized carbons (Fsp3) is 0.375. The molecule has 6 nitrogen and oxygen atoms in total. The number of hydrogen-bond acceptors (Lipinski definition) is 5. The molecule has 1 aliphatic carbocycles. The average Bonchev–Trinajstić information content (AvgIpc) is 3.48. The number of nitrogens with one attached hydrogen (secondary N) is 1. The zero-order valence-corrected chi connectivity index (χ0v) is 26.6. The predicted molar refractivity (Wildman–Crippen MR) is 185 cm³/mol. The zero-order chi connectivity index (χ0) is 31.0. The highest BCUT2D eigenvalue weighted by Gasteiger charge is 2.32. The van der Waals surface area contributed by atoms with Crippen LogP contribution in [0.25, 0.3) is 0 Å². The molecule has 3 aliphatic heterocycles. The number of fused-ring (bicyclic) bond motifs is 2. The van der Waals surface area contributed by atoms with Crippen LogP contribution in [-0.2, 0) is 13.0 Å². The first-order valence-electron chi connectivity index (χ1n) is 17.2. The van der Waals surface area contributed by atoms with Crippen LogP contribution < -0.4 is 15.1 Å². The highest BCUT2D eigenvalue weighted by molar-refractivity contribution is 5.98. The molecule has 0 aromatic heterocycles. The van der Waals surface area contributed by atoms with Crippen molar-refractivity contribution in [2.45, 2.75) is 44.1 Å². The third kappa shape index (κ3) is 5.75. The molecule has 46 heavy (non-hydrogen) atoms. The van der Waals surface area contributed by atoms with Crippen LogP contribution in [0.15, 0.2) is 91.0 Å². The van der Waals surface area contributed by atoms with Gasteiger partial charge in [-0.05, 0) is 108 Å². The van der Waals surface area contributed by atoms with Gasteiger partial charge in [0.1, 0.15) is 5.75 Å². The van der Waals surface area contributed by atoms with E-state index < -0.39 is 0 Å². The van der Waals surface area contributed by atoms with Crippen LogP contribution in [0.2, 0.25) is 0 Å². The van der Waals surface area contributed by atoms with E-state index in [-0.39, 0.29) is 11.8 Å². The van der Waals surface area contributed by atoms with E-state index in [1.54, 1.807) is 0 Å². The van der Waals surface area contributed by atoms with Gasteiger partial charge in [0.2, 0.25) is 0 Å². The lowest BCUT2D eigenvalue weighted by Crippen LogP contribution is -2.49. The quantitative estimate of drug-likeness (QED) is 0.259. The summed E-state index contributed by atoms with van der Waals surface area (Å²) in [7, 11) is 0. The third-order valence-electron chi connectivity index (χ3n) is 11.1. The molecule has 4 aromatic carbocycles. The minimum Gasteiger partial charge on any atom is -0.508 e. The topological polar surface area (TPSA) is 59.1 Å². The van der Waals surface area contributed by atoms with Gasteiger partial charge < -0.3 is 20.2 Å². The van der Waals surface area contributed by atoms with Crippen molar-refractivity contribution in [2.75, 3.05) is 55.6 Å². The first-order valence-corrected chi connectivity index (χ1v) is 17.2. The Morgan fingerprint density at radius 3 is 2.22 bits per heavy atom. The predicted octanol–water partition coefficient (Wildman–Crippen LogP) is 6.54. The number of amides is 1. The Bertz CT molecular complexity index is 1690. The number of carbonyl (C=O) groups excluding carboxylic acids is 1. The molecule has 8 rings (SSSR count). The van der Waals surface area contributed by atoms with Gasteiger partial charge in [0, 0.05) is 75.2 Å². The lowest BCUT2D eigenvalue weighted by Gasteiger charge is -2.40. The molecule has 0 bridgehead atoms. The summed E-state index contributed by atoms with van der Waals surface area (Å²) >= 11 is 0. The van der Waals surface area contributed by atoms with Gasteiger partial charge in [0.05, 0.1) is 0 Å². The molecule has 3 heterocycles. The van der Waals surface area contributed by atoms with E-state index in [9.17, 15) is 9.90 Å². The molecule has 2 atom stereocenters. The van der Waals surface area contributed by atoms with Crippen molar-refractivity contribution in [3.8, 4) is 5.75 Å². The SMILES string of the molecule is O=C1NCc2cc(N3CCN(CC4CCN(c5ccc([C@@H]6c7ccc(O)cc7CC[C@@H]6c6ccccc6)cc5)CC4)CC3)ccc21. The fourth-order valence-corrected chi connectivity index (χ4v) is 8.51. The monoisotopic (exact) mass is 612 g/mol. The minimum atomic E-state index is 0.0552. The summed E-state index contributed by atoms with van der Waals surface area (Å²) in [5.74, 6) is 1.89. The number of aromatic hydroxyl groups is 1. The van der Waals surface area contributed by atoms with Crippen LogP contribution in [0.1, 0.15) is 69.3 Å². The van der Waals surface area contributed by atoms with Gasteiger partial charge >= 0.3 is 0 Å². The van der Waals surface area contributed by atoms with E-state index in [2.05, 4.69) is 92.8 Å². The van der Waals surface area contributed by atoms with Gasteiger partial charge in [-0.15, -0.1) is 0 Å². The van der Waals surface area contributed by atoms with Crippen LogP contribution in [0, 0.1) is 5.92 Å². The zero-order valence-electron chi connectivity index (χ0n) is 26.6. The second kappa shape index (κ2) is 12.5. The number of anilines is 2. The second-order valence-electron chi connectivity index (χ2n) is 13.8. The highest BCUT2D eigenvalue weighted by atomic mass is 16.3. The van der Waals surface area contributed by atoms with Gasteiger partial charge in [-0.2, -0.15) is 0 Å². The van der Waals surface area contributed by atoms with Crippen LogP contribution in [0.5, 0.6) is 5.75 Å². The van der Waals surface area contributed by atoms with Gasteiger partial charge in [-0.3, -0.25) is 9.69 Å². The van der Waals surface area contributed by atoms with Crippen molar-refractivity contribution < 1.29 is 9.90 Å². The molecule has 2 N–H and O–H groups in total. The maximum atomic E-state index is 11.9. The smallest absolute Gasteiger partial charge is 0.251 e. The lowest BCUT2D eigenvalue weighted by atomic mass is 9.69. The number of aryl methyl sites for hydroxylation is 1. The Hall–Kier alpha value is -4.29. The first-order chi connectivity index (χ1) is 22.6. The summed E-state index contributed by atoms with van der Waals surface area (Å²) in [4.78, 5) is 19.6. The molecule has 0 radical (unpaired) electrons. The summed E-state index contributed by atoms with van der Waals surface area (Å²) in [6.45, 7) is 8.37. The van der Waals surface area contributed by atoms with Gasteiger partial charge in [0.15, 0.2) is 0 Å². The molecule has 0 unspecified atom stereocenters. The molecule has 236 valence electrons. The van der Waals surface area contributed by atoms with Crippen molar-refractivity contribution in [3.05, 3.63) is 124 Å². The summed E-state index contributed by atoms with van der Waals surface area (Å²) in [6, 6.07) is 32.7. The van der Waals surface area contributed by atoms with Crippen LogP contribution in [-0.4, -0.2) is 61.7 Å². The normalized spacial score (nSPS) is 22.0. The average molecular weight is 613 g/mol. The molecule has 0 saturated carbocycles. The number of phenolic OH excluding ortho intramolecular Hbond substituents is 1. The molecule has 0 spiro atoms. The second-order valence-corrected chi connectivity index (χ2v) is 13.8. The largest absolute Gasteiger partial charge is 0.508 e. The van der Waals surface area contributed by atoms with E-state index in [1.165, 1.54) is 53.0 Å². The van der Waals surface area contributed by atoms with Gasteiger partial charge in [-0.25, -0.2) is 0 Å². The number of piperidine rings is 1. The van der Waals surface area contributed by atoms with E-state index in [4.69, 9.17) is 0 Å². The molecule has 2 fully saturated rings. The van der Waals surface area contributed by atoms with Crippen molar-refractivity contribution in [2.24, 2.45) is 5.92 Å². The number of rotatable bonds is 6. The standard InChI is InChI=1S/C40H44N4O2/c45-35-12-15-37-31(25-35)8-13-36(29-4-2-1-3-5-29)39(37)30-6-9-33(10-7-30)43-18-16-28(17-19-43)27-42-20-22-44(23-21-42)34-11-14-38-32(24-34)26-41-40(38)46/h1-7,9-12,14-15,24-25,28,36,39,45H,8,13,16-23,26-27H2,(H,41,46)/t36-,39+/m1/s1. The maximum absolute atomic E-state index is 11.9. The lowest BCUT2D eigenvalue weighted by molar-refractivity contribution is 0.0965. The summed E-state index contributed by atoms with van der Waals surface area (Å²) in [5.41, 5.74) is 9.94. The van der Waals surface area contributed by atoms with Crippen molar-refractivity contribution >= 4 is 17.3 Å². The molecule has 6 heteroatoms. The van der Waals surface area contributed by atoms with E-state index in [1.807, 2.05) is 18.2 Å². The molecular formula is C40H44N4O2. The van der Waals surface area contributed by atoms with Gasteiger partial charge in [0.25, 0.3) is 5.91 Å². The van der Waals surface area contributed by atoms with Crippen LogP contribution in [0.4, 0.5) is 11.4 Å². The highest BCUT2D eigenvalue weighted by Crippen LogP contribution is 2.47. The fourth-order valence-electron chi connectivity index (χ4n) is 8.51. The number of phenols is 1. The number of benzene rings is 4. The van der Waals surface area contributed by atoms with Crippen LogP contribution in [0.3, 0.4) is 0 Å². The van der Waals surface area contributed by atoms with Crippen LogP contribution >= 0.6 is 0 Å². The van der Waals surface area contributed by atoms with E-state index >= 15 is 0 Å². The first kappa shape index (κ1) is 29.1. The Balaban J connectivity index is 0.877. The molecule has 4 aromatic rings. The Morgan fingerprint density at radius 2 is 1.43 bits per heavy atom. The number of hydrogen-bond donors (Lipinski definition) is 2. The summed E-state index contributed by atoms with van der Waals surface area (Å²) < 4.78 is 0. The Morgan fingerprint density at radius 1 is 0.696 bits per heavy atom. The van der Waals surface area contributed by atoms with E-state index in [0.717, 1.165) is 69.2 Å².